The largest absolute Gasteiger partial charge is 0.461 e. The Balaban J connectivity index is 2.39. The van der Waals surface area contributed by atoms with Gasteiger partial charge in [0.25, 0.3) is 0 Å². The van der Waals surface area contributed by atoms with Gasteiger partial charge in [-0.3, -0.25) is 0 Å². The van der Waals surface area contributed by atoms with Crippen LogP contribution in [0.2, 0.25) is 0 Å². The molecule has 0 saturated heterocycles. The molecule has 1 fully saturated rings. The second-order valence-electron chi connectivity index (χ2n) is 5.09. The molecule has 0 atom stereocenters. The van der Waals surface area contributed by atoms with Crippen molar-refractivity contribution < 1.29 is 22.7 Å². The number of alkyl halides is 3. The fourth-order valence-electron chi connectivity index (χ4n) is 2.65. The van der Waals surface area contributed by atoms with Gasteiger partial charge in [-0.1, -0.05) is 30.9 Å². The summed E-state index contributed by atoms with van der Waals surface area (Å²) in [5, 5.41) is 7.02. The lowest BCUT2D eigenvalue weighted by molar-refractivity contribution is -0.145. The zero-order chi connectivity index (χ0) is 15.5. The van der Waals surface area contributed by atoms with Crippen LogP contribution in [0.5, 0.6) is 0 Å². The van der Waals surface area contributed by atoms with Crippen molar-refractivity contribution in [3.05, 3.63) is 11.4 Å². The van der Waals surface area contributed by atoms with Crippen LogP contribution in [0.25, 0.3) is 0 Å². The summed E-state index contributed by atoms with van der Waals surface area (Å²) in [4.78, 5) is 11.6. The van der Waals surface area contributed by atoms with Crippen LogP contribution in [0.15, 0.2) is 0 Å². The molecule has 1 heterocycles. The number of hydrogen-bond donors (Lipinski definition) is 0. The Kier molecular flexibility index (Phi) is 4.84. The number of aromatic nitrogens is 3. The monoisotopic (exact) mass is 305 g/mol. The number of rotatable bonds is 3. The van der Waals surface area contributed by atoms with Gasteiger partial charge in [0.1, 0.15) is 0 Å². The van der Waals surface area contributed by atoms with Gasteiger partial charge in [0, 0.05) is 0 Å². The summed E-state index contributed by atoms with van der Waals surface area (Å²) in [6.07, 6.45) is 0.295. The first-order valence-electron chi connectivity index (χ1n) is 7.14. The van der Waals surface area contributed by atoms with Gasteiger partial charge in [-0.25, -0.2) is 9.48 Å². The summed E-state index contributed by atoms with van der Waals surface area (Å²) in [6.45, 7) is 1.52. The molecule has 1 aromatic heterocycles. The normalized spacial score (nSPS) is 17.5. The lowest BCUT2D eigenvalue weighted by Crippen LogP contribution is -2.22. The molecule has 5 nitrogen and oxygen atoms in total. The Morgan fingerprint density at radius 3 is 2.43 bits per heavy atom. The summed E-state index contributed by atoms with van der Waals surface area (Å²) >= 11 is 0. The van der Waals surface area contributed by atoms with Crippen molar-refractivity contribution >= 4 is 5.97 Å². The molecule has 118 valence electrons. The number of esters is 1. The molecule has 0 radical (unpaired) electrons. The van der Waals surface area contributed by atoms with E-state index in [1.54, 1.807) is 0 Å². The van der Waals surface area contributed by atoms with Crippen molar-refractivity contribution in [3.63, 3.8) is 0 Å². The van der Waals surface area contributed by atoms with Crippen molar-refractivity contribution in [2.75, 3.05) is 6.61 Å². The maximum atomic E-state index is 13.3. The van der Waals surface area contributed by atoms with Gasteiger partial charge in [-0.2, -0.15) is 13.2 Å². The second kappa shape index (κ2) is 6.44. The molecule has 0 spiro atoms. The minimum atomic E-state index is -4.68. The minimum absolute atomic E-state index is 0.00752. The highest BCUT2D eigenvalue weighted by Crippen LogP contribution is 2.36. The number of nitrogens with zero attached hydrogens (tertiary/aromatic N) is 3. The van der Waals surface area contributed by atoms with Crippen LogP contribution in [0.3, 0.4) is 0 Å². The van der Waals surface area contributed by atoms with E-state index in [4.69, 9.17) is 0 Å². The Labute approximate surface area is 120 Å². The summed E-state index contributed by atoms with van der Waals surface area (Å²) in [5.41, 5.74) is -1.83. The zero-order valence-corrected chi connectivity index (χ0v) is 11.8. The molecule has 0 aromatic carbocycles. The van der Waals surface area contributed by atoms with Crippen LogP contribution < -0.4 is 0 Å². The van der Waals surface area contributed by atoms with E-state index in [0.717, 1.165) is 30.4 Å². The third-order valence-corrected chi connectivity index (χ3v) is 3.60. The molecule has 1 aliphatic rings. The van der Waals surface area contributed by atoms with Crippen LogP contribution in [-0.4, -0.2) is 27.6 Å². The lowest BCUT2D eigenvalue weighted by atomic mass is 10.1. The van der Waals surface area contributed by atoms with E-state index in [1.165, 1.54) is 6.92 Å². The standard InChI is InChI=1S/C13H18F3N3O2/c1-2-21-12(20)10-11(13(14,15)16)19(18-17-10)9-7-5-3-4-6-8-9/h9H,2-8H2,1H3. The smallest absolute Gasteiger partial charge is 0.435 e. The Hall–Kier alpha value is -1.60. The molecule has 1 aliphatic carbocycles. The molecule has 0 bridgehead atoms. The van der Waals surface area contributed by atoms with Gasteiger partial charge in [0.2, 0.25) is 5.69 Å². The second-order valence-corrected chi connectivity index (χ2v) is 5.09. The third-order valence-electron chi connectivity index (χ3n) is 3.60. The minimum Gasteiger partial charge on any atom is -0.461 e. The molecular weight excluding hydrogens is 287 g/mol. The SMILES string of the molecule is CCOC(=O)c1nnn(C2CCCCCC2)c1C(F)(F)F. The third kappa shape index (κ3) is 3.54. The van der Waals surface area contributed by atoms with Crippen LogP contribution in [0.1, 0.15) is 67.7 Å². The van der Waals surface area contributed by atoms with Crippen molar-refractivity contribution in [2.24, 2.45) is 0 Å². The van der Waals surface area contributed by atoms with E-state index in [1.807, 2.05) is 0 Å². The van der Waals surface area contributed by atoms with Crippen LogP contribution in [0, 0.1) is 0 Å². The Morgan fingerprint density at radius 2 is 1.90 bits per heavy atom. The Bertz CT molecular complexity index is 491. The maximum Gasteiger partial charge on any atom is 0.435 e. The van der Waals surface area contributed by atoms with Crippen molar-refractivity contribution in [1.29, 1.82) is 0 Å². The molecule has 0 amide bonds. The highest BCUT2D eigenvalue weighted by molar-refractivity contribution is 5.88. The first-order valence-corrected chi connectivity index (χ1v) is 7.14. The van der Waals surface area contributed by atoms with Crippen LogP contribution in [0.4, 0.5) is 13.2 Å². The Morgan fingerprint density at radius 1 is 1.29 bits per heavy atom. The number of hydrogen-bond acceptors (Lipinski definition) is 4. The van der Waals surface area contributed by atoms with Crippen LogP contribution >= 0.6 is 0 Å². The molecular formula is C13H18F3N3O2. The van der Waals surface area contributed by atoms with E-state index in [2.05, 4.69) is 15.0 Å². The van der Waals surface area contributed by atoms with Crippen molar-refractivity contribution in [3.8, 4) is 0 Å². The summed E-state index contributed by atoms with van der Waals surface area (Å²) in [6, 6.07) is -0.361. The number of halogens is 3. The quantitative estimate of drug-likeness (QED) is 0.634. The van der Waals surface area contributed by atoms with E-state index >= 15 is 0 Å². The van der Waals surface area contributed by atoms with Gasteiger partial charge < -0.3 is 4.74 Å². The van der Waals surface area contributed by atoms with E-state index in [0.29, 0.717) is 12.8 Å². The predicted octanol–water partition coefficient (Wildman–Crippen LogP) is 3.37. The highest BCUT2D eigenvalue weighted by atomic mass is 19.4. The first kappa shape index (κ1) is 15.8. The molecule has 2 rings (SSSR count). The molecule has 0 unspecified atom stereocenters. The van der Waals surface area contributed by atoms with Gasteiger partial charge in [0.15, 0.2) is 5.69 Å². The van der Waals surface area contributed by atoms with E-state index < -0.39 is 23.5 Å². The predicted molar refractivity (Wildman–Crippen MR) is 67.7 cm³/mol. The van der Waals surface area contributed by atoms with Crippen molar-refractivity contribution in [1.82, 2.24) is 15.0 Å². The summed E-state index contributed by atoms with van der Waals surface area (Å²) < 4.78 is 45.4. The van der Waals surface area contributed by atoms with Gasteiger partial charge >= 0.3 is 12.1 Å². The molecule has 0 N–H and O–H groups in total. The number of ether oxygens (including phenoxy) is 1. The maximum absolute atomic E-state index is 13.3. The van der Waals surface area contributed by atoms with Crippen LogP contribution in [-0.2, 0) is 10.9 Å². The fraction of sp³-hybridized carbons (Fsp3) is 0.769. The first-order chi connectivity index (χ1) is 9.95. The number of carbonyl (C=O) groups excluding carboxylic acids is 1. The summed E-state index contributed by atoms with van der Waals surface area (Å²) in [7, 11) is 0. The molecule has 8 heteroatoms. The van der Waals surface area contributed by atoms with Gasteiger partial charge in [0.05, 0.1) is 12.6 Å². The van der Waals surface area contributed by atoms with E-state index in [9.17, 15) is 18.0 Å². The van der Waals surface area contributed by atoms with Gasteiger partial charge in [-0.05, 0) is 19.8 Å². The molecule has 1 aromatic rings. The van der Waals surface area contributed by atoms with Gasteiger partial charge in [-0.15, -0.1) is 5.10 Å². The topological polar surface area (TPSA) is 57.0 Å². The summed E-state index contributed by atoms with van der Waals surface area (Å²) in [5.74, 6) is -1.08. The zero-order valence-electron chi connectivity index (χ0n) is 11.8. The molecule has 21 heavy (non-hydrogen) atoms. The van der Waals surface area contributed by atoms with Crippen molar-refractivity contribution in [2.45, 2.75) is 57.7 Å². The lowest BCUT2D eigenvalue weighted by Gasteiger charge is -2.18. The fourth-order valence-corrected chi connectivity index (χ4v) is 2.65. The number of carbonyl (C=O) groups is 1. The average Bonchev–Trinajstić information content (AvgIpc) is 2.69. The average molecular weight is 305 g/mol. The molecule has 1 saturated carbocycles. The highest BCUT2D eigenvalue weighted by Gasteiger charge is 2.43. The van der Waals surface area contributed by atoms with E-state index in [-0.39, 0.29) is 12.6 Å². The molecule has 0 aliphatic heterocycles.